The van der Waals surface area contributed by atoms with E-state index in [4.69, 9.17) is 0 Å². The van der Waals surface area contributed by atoms with E-state index in [1.165, 1.54) is 35.0 Å². The summed E-state index contributed by atoms with van der Waals surface area (Å²) in [6.07, 6.45) is 0.376. The highest BCUT2D eigenvalue weighted by Crippen LogP contribution is 2.27. The molecule has 1 amide bonds. The zero-order chi connectivity index (χ0) is 20.8. The molecule has 3 rings (SSSR count). The Bertz CT molecular complexity index is 1020. The summed E-state index contributed by atoms with van der Waals surface area (Å²) in [7, 11) is 0. The minimum absolute atomic E-state index is 0.0109. The third kappa shape index (κ3) is 5.00. The second-order valence-corrected chi connectivity index (χ2v) is 7.30. The number of amides is 1. The molecule has 0 aliphatic rings. The van der Waals surface area contributed by atoms with Gasteiger partial charge >= 0.3 is 0 Å². The summed E-state index contributed by atoms with van der Waals surface area (Å²) < 4.78 is 1.82. The van der Waals surface area contributed by atoms with Gasteiger partial charge in [-0.05, 0) is 30.2 Å². The molecule has 0 saturated carbocycles. The van der Waals surface area contributed by atoms with Crippen molar-refractivity contribution in [3.63, 3.8) is 0 Å². The van der Waals surface area contributed by atoms with Gasteiger partial charge in [0.1, 0.15) is 0 Å². The number of rotatable bonds is 8. The summed E-state index contributed by atoms with van der Waals surface area (Å²) in [5.41, 5.74) is 3.10. The molecule has 0 fully saturated rings. The number of nitro groups is 1. The van der Waals surface area contributed by atoms with Crippen molar-refractivity contribution in [2.45, 2.75) is 37.7 Å². The number of non-ortho nitro benzene ring substituents is 1. The Balaban J connectivity index is 1.90. The van der Waals surface area contributed by atoms with Gasteiger partial charge in [0.2, 0.25) is 5.91 Å². The molecule has 8 nitrogen and oxygen atoms in total. The SMILES string of the molecule is CCC(=O)NCc1nnc(SCc2ccccc2C)n1-c1ccc([N+](=O)[O-])cc1. The number of nitrogens with one attached hydrogen (secondary N) is 1. The predicted molar refractivity (Wildman–Crippen MR) is 111 cm³/mol. The second kappa shape index (κ2) is 9.33. The lowest BCUT2D eigenvalue weighted by molar-refractivity contribution is -0.384. The minimum atomic E-state index is -0.438. The summed E-state index contributed by atoms with van der Waals surface area (Å²) >= 11 is 1.52. The number of nitrogens with zero attached hydrogens (tertiary/aromatic N) is 4. The lowest BCUT2D eigenvalue weighted by Crippen LogP contribution is -2.23. The number of hydrogen-bond donors (Lipinski definition) is 1. The molecule has 29 heavy (non-hydrogen) atoms. The van der Waals surface area contributed by atoms with Gasteiger partial charge in [0.25, 0.3) is 5.69 Å². The Labute approximate surface area is 172 Å². The zero-order valence-corrected chi connectivity index (χ0v) is 17.0. The van der Waals surface area contributed by atoms with E-state index in [-0.39, 0.29) is 18.1 Å². The van der Waals surface area contributed by atoms with Crippen LogP contribution in [0.15, 0.2) is 53.7 Å². The highest BCUT2D eigenvalue weighted by atomic mass is 32.2. The Kier molecular flexibility index (Phi) is 6.61. The molecule has 0 spiro atoms. The normalized spacial score (nSPS) is 10.7. The molecule has 0 saturated heterocycles. The first-order valence-electron chi connectivity index (χ1n) is 9.12. The van der Waals surface area contributed by atoms with Crippen molar-refractivity contribution in [3.05, 3.63) is 75.6 Å². The van der Waals surface area contributed by atoms with E-state index in [1.54, 1.807) is 19.1 Å². The van der Waals surface area contributed by atoms with Crippen LogP contribution in [0.4, 0.5) is 5.69 Å². The topological polar surface area (TPSA) is 103 Å². The zero-order valence-electron chi connectivity index (χ0n) is 16.2. The molecule has 1 N–H and O–H groups in total. The van der Waals surface area contributed by atoms with E-state index < -0.39 is 4.92 Å². The van der Waals surface area contributed by atoms with Crippen LogP contribution in [0.2, 0.25) is 0 Å². The van der Waals surface area contributed by atoms with Crippen molar-refractivity contribution in [3.8, 4) is 5.69 Å². The number of aromatic nitrogens is 3. The predicted octanol–water partition coefficient (Wildman–Crippen LogP) is 3.80. The number of thioether (sulfide) groups is 1. The van der Waals surface area contributed by atoms with E-state index in [0.717, 1.165) is 0 Å². The van der Waals surface area contributed by atoms with Crippen LogP contribution in [0.3, 0.4) is 0 Å². The summed E-state index contributed by atoms with van der Waals surface area (Å²) in [5, 5.41) is 22.9. The molecule has 0 bridgehead atoms. The van der Waals surface area contributed by atoms with Gasteiger partial charge in [0.05, 0.1) is 11.5 Å². The minimum Gasteiger partial charge on any atom is -0.349 e. The van der Waals surface area contributed by atoms with E-state index in [9.17, 15) is 14.9 Å². The molecule has 150 valence electrons. The van der Waals surface area contributed by atoms with Gasteiger partial charge in [-0.25, -0.2) is 0 Å². The molecule has 0 unspecified atom stereocenters. The summed E-state index contributed by atoms with van der Waals surface area (Å²) in [6.45, 7) is 4.06. The number of nitro benzene ring substituents is 1. The fourth-order valence-electron chi connectivity index (χ4n) is 2.71. The molecular weight excluding hydrogens is 390 g/mol. The molecule has 0 radical (unpaired) electrons. The van der Waals surface area contributed by atoms with Crippen molar-refractivity contribution in [1.82, 2.24) is 20.1 Å². The smallest absolute Gasteiger partial charge is 0.269 e. The molecule has 0 atom stereocenters. The van der Waals surface area contributed by atoms with Gasteiger partial charge in [-0.1, -0.05) is 43.0 Å². The molecule has 3 aromatic rings. The van der Waals surface area contributed by atoms with Gasteiger partial charge in [-0.15, -0.1) is 10.2 Å². The highest BCUT2D eigenvalue weighted by Gasteiger charge is 2.16. The molecule has 9 heteroatoms. The number of hydrogen-bond acceptors (Lipinski definition) is 6. The molecule has 0 aliphatic carbocycles. The van der Waals surface area contributed by atoms with Crippen LogP contribution in [0, 0.1) is 17.0 Å². The number of aryl methyl sites for hydroxylation is 1. The Morgan fingerprint density at radius 3 is 2.55 bits per heavy atom. The van der Waals surface area contributed by atoms with E-state index >= 15 is 0 Å². The molecular formula is C20H21N5O3S. The molecule has 2 aromatic carbocycles. The third-order valence-corrected chi connectivity index (χ3v) is 5.38. The van der Waals surface area contributed by atoms with Crippen molar-refractivity contribution in [2.24, 2.45) is 0 Å². The van der Waals surface area contributed by atoms with E-state index in [2.05, 4.69) is 34.6 Å². The largest absolute Gasteiger partial charge is 0.349 e. The maximum atomic E-state index is 11.7. The highest BCUT2D eigenvalue weighted by molar-refractivity contribution is 7.98. The fraction of sp³-hybridized carbons (Fsp3) is 0.250. The molecule has 0 aliphatic heterocycles. The molecule has 1 aromatic heterocycles. The Hall–Kier alpha value is -3.20. The Morgan fingerprint density at radius 2 is 1.90 bits per heavy atom. The molecule has 1 heterocycles. The fourth-order valence-corrected chi connectivity index (χ4v) is 3.75. The van der Waals surface area contributed by atoms with Crippen LogP contribution in [0.5, 0.6) is 0 Å². The van der Waals surface area contributed by atoms with Gasteiger partial charge in [0, 0.05) is 30.0 Å². The Morgan fingerprint density at radius 1 is 1.17 bits per heavy atom. The quantitative estimate of drug-likeness (QED) is 0.343. The van der Waals surface area contributed by atoms with Crippen molar-refractivity contribution in [2.75, 3.05) is 0 Å². The van der Waals surface area contributed by atoms with Crippen LogP contribution in [-0.2, 0) is 17.1 Å². The summed E-state index contributed by atoms with van der Waals surface area (Å²) in [4.78, 5) is 22.2. The van der Waals surface area contributed by atoms with Gasteiger partial charge in [-0.3, -0.25) is 19.5 Å². The first kappa shape index (κ1) is 20.5. The summed E-state index contributed by atoms with van der Waals surface area (Å²) in [6, 6.07) is 14.3. The number of carbonyl (C=O) groups excluding carboxylic acids is 1. The van der Waals surface area contributed by atoms with Crippen LogP contribution in [0.25, 0.3) is 5.69 Å². The average Bonchev–Trinajstić information content (AvgIpc) is 3.14. The van der Waals surface area contributed by atoms with Crippen LogP contribution in [-0.4, -0.2) is 25.6 Å². The maximum Gasteiger partial charge on any atom is 0.269 e. The van der Waals surface area contributed by atoms with Gasteiger partial charge in [-0.2, -0.15) is 0 Å². The third-order valence-electron chi connectivity index (χ3n) is 4.40. The second-order valence-electron chi connectivity index (χ2n) is 6.35. The van der Waals surface area contributed by atoms with Crippen LogP contribution in [0.1, 0.15) is 30.3 Å². The average molecular weight is 411 g/mol. The van der Waals surface area contributed by atoms with Crippen LogP contribution >= 0.6 is 11.8 Å². The van der Waals surface area contributed by atoms with Gasteiger partial charge < -0.3 is 5.32 Å². The monoisotopic (exact) mass is 411 g/mol. The number of carbonyl (C=O) groups is 1. The first-order valence-corrected chi connectivity index (χ1v) is 10.1. The van der Waals surface area contributed by atoms with Crippen molar-refractivity contribution < 1.29 is 9.72 Å². The van der Waals surface area contributed by atoms with Gasteiger partial charge in [0.15, 0.2) is 11.0 Å². The van der Waals surface area contributed by atoms with E-state index in [0.29, 0.717) is 28.8 Å². The van der Waals surface area contributed by atoms with Crippen molar-refractivity contribution >= 4 is 23.4 Å². The lowest BCUT2D eigenvalue weighted by Gasteiger charge is -2.11. The van der Waals surface area contributed by atoms with Crippen molar-refractivity contribution in [1.29, 1.82) is 0 Å². The summed E-state index contributed by atoms with van der Waals surface area (Å²) in [5.74, 6) is 1.18. The first-order chi connectivity index (χ1) is 14.0. The maximum absolute atomic E-state index is 11.7. The number of benzene rings is 2. The van der Waals surface area contributed by atoms with Crippen LogP contribution < -0.4 is 5.32 Å². The van der Waals surface area contributed by atoms with E-state index in [1.807, 2.05) is 16.7 Å². The lowest BCUT2D eigenvalue weighted by atomic mass is 10.1. The standard InChI is InChI=1S/C20H21N5O3S/c1-3-19(26)21-12-18-22-23-20(29-13-15-7-5-4-6-14(15)2)24(18)16-8-10-17(11-9-16)25(27)28/h4-11H,3,12-13H2,1-2H3,(H,21,26).